The molecule has 4 heteroatoms. The van der Waals surface area contributed by atoms with Crippen LogP contribution in [0.15, 0.2) is 0 Å². The highest BCUT2D eigenvalue weighted by Gasteiger charge is 2.30. The molecule has 1 fully saturated rings. The lowest BCUT2D eigenvalue weighted by atomic mass is 9.96. The maximum Gasteiger partial charge on any atom is 0.225 e. The lowest BCUT2D eigenvalue weighted by molar-refractivity contribution is -0.151. The van der Waals surface area contributed by atoms with Crippen molar-refractivity contribution in [2.24, 2.45) is 11.8 Å². The van der Waals surface area contributed by atoms with Gasteiger partial charge in [-0.15, -0.1) is 0 Å². The van der Waals surface area contributed by atoms with Gasteiger partial charge >= 0.3 is 0 Å². The standard InChI is InChI=1S/C12H23NO3/c1-8(2)10(4)12(15)13-5-9(3)16-11(6-13)7-14/h8-11,14H,5-7H2,1-4H3. The summed E-state index contributed by atoms with van der Waals surface area (Å²) in [6.07, 6.45) is -0.221. The third-order valence-electron chi connectivity index (χ3n) is 3.23. The molecule has 0 aromatic carbocycles. The van der Waals surface area contributed by atoms with Gasteiger partial charge < -0.3 is 14.7 Å². The molecule has 1 heterocycles. The second-order valence-electron chi connectivity index (χ2n) is 5.03. The van der Waals surface area contributed by atoms with Crippen LogP contribution in [-0.4, -0.2) is 47.8 Å². The minimum atomic E-state index is -0.230. The van der Waals surface area contributed by atoms with E-state index in [0.717, 1.165) is 0 Å². The zero-order valence-electron chi connectivity index (χ0n) is 10.6. The Morgan fingerprint density at radius 3 is 2.56 bits per heavy atom. The number of hydrogen-bond acceptors (Lipinski definition) is 3. The minimum Gasteiger partial charge on any atom is -0.394 e. The fourth-order valence-corrected chi connectivity index (χ4v) is 1.90. The van der Waals surface area contributed by atoms with Gasteiger partial charge in [-0.1, -0.05) is 20.8 Å². The summed E-state index contributed by atoms with van der Waals surface area (Å²) >= 11 is 0. The van der Waals surface area contributed by atoms with Crippen LogP contribution in [0.4, 0.5) is 0 Å². The van der Waals surface area contributed by atoms with Crippen LogP contribution in [0.5, 0.6) is 0 Å². The molecule has 1 rings (SSSR count). The molecule has 3 atom stereocenters. The second-order valence-corrected chi connectivity index (χ2v) is 5.03. The van der Waals surface area contributed by atoms with E-state index in [1.807, 2.05) is 18.7 Å². The average molecular weight is 229 g/mol. The number of carbonyl (C=O) groups excluding carboxylic acids is 1. The van der Waals surface area contributed by atoms with Crippen LogP contribution in [0, 0.1) is 11.8 Å². The van der Waals surface area contributed by atoms with E-state index in [2.05, 4.69) is 13.8 Å². The smallest absolute Gasteiger partial charge is 0.225 e. The average Bonchev–Trinajstić information content (AvgIpc) is 2.25. The van der Waals surface area contributed by atoms with E-state index in [9.17, 15) is 4.79 Å². The molecule has 0 saturated carbocycles. The summed E-state index contributed by atoms with van der Waals surface area (Å²) in [7, 11) is 0. The van der Waals surface area contributed by atoms with Gasteiger partial charge in [-0.05, 0) is 12.8 Å². The summed E-state index contributed by atoms with van der Waals surface area (Å²) in [5.41, 5.74) is 0. The topological polar surface area (TPSA) is 49.8 Å². The quantitative estimate of drug-likeness (QED) is 0.782. The van der Waals surface area contributed by atoms with Crippen LogP contribution in [0.3, 0.4) is 0 Å². The van der Waals surface area contributed by atoms with Gasteiger partial charge in [0.1, 0.15) is 0 Å². The monoisotopic (exact) mass is 229 g/mol. The van der Waals surface area contributed by atoms with Crippen molar-refractivity contribution in [1.29, 1.82) is 0 Å². The van der Waals surface area contributed by atoms with Gasteiger partial charge in [-0.25, -0.2) is 0 Å². The Morgan fingerprint density at radius 2 is 2.06 bits per heavy atom. The van der Waals surface area contributed by atoms with Crippen LogP contribution in [-0.2, 0) is 9.53 Å². The first-order valence-corrected chi connectivity index (χ1v) is 6.00. The first-order valence-electron chi connectivity index (χ1n) is 6.00. The molecule has 0 spiro atoms. The van der Waals surface area contributed by atoms with Gasteiger partial charge in [0, 0.05) is 19.0 Å². The fourth-order valence-electron chi connectivity index (χ4n) is 1.90. The van der Waals surface area contributed by atoms with Gasteiger partial charge in [-0.3, -0.25) is 4.79 Å². The molecule has 0 aromatic heterocycles. The van der Waals surface area contributed by atoms with E-state index in [0.29, 0.717) is 19.0 Å². The highest BCUT2D eigenvalue weighted by molar-refractivity contribution is 5.78. The molecule has 3 unspecified atom stereocenters. The molecule has 0 aromatic rings. The molecule has 1 saturated heterocycles. The maximum absolute atomic E-state index is 12.1. The number of aliphatic hydroxyl groups is 1. The first kappa shape index (κ1) is 13.5. The third kappa shape index (κ3) is 3.19. The fraction of sp³-hybridized carbons (Fsp3) is 0.917. The van der Waals surface area contributed by atoms with Crippen molar-refractivity contribution in [3.63, 3.8) is 0 Å². The van der Waals surface area contributed by atoms with E-state index >= 15 is 0 Å². The molecule has 16 heavy (non-hydrogen) atoms. The Hall–Kier alpha value is -0.610. The van der Waals surface area contributed by atoms with Crippen molar-refractivity contribution >= 4 is 5.91 Å². The van der Waals surface area contributed by atoms with Crippen molar-refractivity contribution in [3.05, 3.63) is 0 Å². The zero-order chi connectivity index (χ0) is 12.3. The highest BCUT2D eigenvalue weighted by atomic mass is 16.5. The van der Waals surface area contributed by atoms with Crippen molar-refractivity contribution in [2.45, 2.75) is 39.9 Å². The molecular formula is C12H23NO3. The van der Waals surface area contributed by atoms with Crippen molar-refractivity contribution in [1.82, 2.24) is 4.90 Å². The Kier molecular flexibility index (Phi) is 4.74. The van der Waals surface area contributed by atoms with Gasteiger partial charge in [0.15, 0.2) is 0 Å². The SMILES string of the molecule is CC1CN(C(=O)C(C)C(C)C)CC(CO)O1. The number of aliphatic hydroxyl groups excluding tert-OH is 1. The van der Waals surface area contributed by atoms with Crippen molar-refractivity contribution in [3.8, 4) is 0 Å². The van der Waals surface area contributed by atoms with E-state index in [1.54, 1.807) is 0 Å². The number of amides is 1. The van der Waals surface area contributed by atoms with Crippen LogP contribution in [0.25, 0.3) is 0 Å². The van der Waals surface area contributed by atoms with E-state index in [4.69, 9.17) is 9.84 Å². The molecule has 94 valence electrons. The summed E-state index contributed by atoms with van der Waals surface area (Å²) in [5, 5.41) is 9.09. The molecule has 0 aliphatic carbocycles. The molecular weight excluding hydrogens is 206 g/mol. The number of rotatable bonds is 3. The van der Waals surface area contributed by atoms with Crippen LogP contribution in [0.2, 0.25) is 0 Å². The van der Waals surface area contributed by atoms with Gasteiger partial charge in [-0.2, -0.15) is 0 Å². The van der Waals surface area contributed by atoms with E-state index in [-0.39, 0.29) is 30.6 Å². The van der Waals surface area contributed by atoms with Gasteiger partial charge in [0.05, 0.1) is 18.8 Å². The summed E-state index contributed by atoms with van der Waals surface area (Å²) in [5.74, 6) is 0.548. The Bertz CT molecular complexity index is 242. The Balaban J connectivity index is 2.61. The predicted molar refractivity (Wildman–Crippen MR) is 62.0 cm³/mol. The zero-order valence-corrected chi connectivity index (χ0v) is 10.6. The molecule has 1 N–H and O–H groups in total. The number of ether oxygens (including phenoxy) is 1. The summed E-state index contributed by atoms with van der Waals surface area (Å²) in [6.45, 7) is 9.11. The van der Waals surface area contributed by atoms with Crippen molar-refractivity contribution in [2.75, 3.05) is 19.7 Å². The lowest BCUT2D eigenvalue weighted by Gasteiger charge is -2.37. The summed E-state index contributed by atoms with van der Waals surface area (Å²) < 4.78 is 5.51. The van der Waals surface area contributed by atoms with E-state index < -0.39 is 0 Å². The molecule has 0 bridgehead atoms. The molecule has 4 nitrogen and oxygen atoms in total. The van der Waals surface area contributed by atoms with E-state index in [1.165, 1.54) is 0 Å². The summed E-state index contributed by atoms with van der Waals surface area (Å²) in [4.78, 5) is 14.0. The molecule has 1 amide bonds. The normalized spacial score (nSPS) is 28.2. The maximum atomic E-state index is 12.1. The van der Waals surface area contributed by atoms with Crippen LogP contribution in [0.1, 0.15) is 27.7 Å². The lowest BCUT2D eigenvalue weighted by Crippen LogP contribution is -2.52. The van der Waals surface area contributed by atoms with Crippen LogP contribution >= 0.6 is 0 Å². The van der Waals surface area contributed by atoms with Gasteiger partial charge in [0.2, 0.25) is 5.91 Å². The second kappa shape index (κ2) is 5.64. The third-order valence-corrected chi connectivity index (χ3v) is 3.23. The largest absolute Gasteiger partial charge is 0.394 e. The highest BCUT2D eigenvalue weighted by Crippen LogP contribution is 2.18. The first-order chi connectivity index (χ1) is 7.45. The Labute approximate surface area is 97.6 Å². The number of hydrogen-bond donors (Lipinski definition) is 1. The molecule has 1 aliphatic heterocycles. The van der Waals surface area contributed by atoms with Gasteiger partial charge in [0.25, 0.3) is 0 Å². The minimum absolute atomic E-state index is 0.00853. The molecule has 1 aliphatic rings. The Morgan fingerprint density at radius 1 is 1.44 bits per heavy atom. The van der Waals surface area contributed by atoms with Crippen LogP contribution < -0.4 is 0 Å². The molecule has 0 radical (unpaired) electrons. The number of carbonyl (C=O) groups is 1. The predicted octanol–water partition coefficient (Wildman–Crippen LogP) is 0.887. The number of morpholine rings is 1. The van der Waals surface area contributed by atoms with Crippen molar-refractivity contribution < 1.29 is 14.6 Å². The summed E-state index contributed by atoms with van der Waals surface area (Å²) in [6, 6.07) is 0. The number of nitrogens with zero attached hydrogens (tertiary/aromatic N) is 1.